The molecule has 1 atom stereocenters. The standard InChI is InChI=1S/C21H28N2O3/c1-23(2)18(12-16-8-6-5-7-9-16)15-22-21(24)14-17-13-19(25-3)10-11-20(17)26-4/h5-11,13,18H,12,14-15H2,1-4H3,(H,22,24). The van der Waals surface area contributed by atoms with Crippen LogP contribution in [0.4, 0.5) is 0 Å². The molecular weight excluding hydrogens is 328 g/mol. The van der Waals surface area contributed by atoms with Gasteiger partial charge in [-0.2, -0.15) is 0 Å². The number of amides is 1. The average Bonchev–Trinajstić information content (AvgIpc) is 2.65. The fraction of sp³-hybridized carbons (Fsp3) is 0.381. The van der Waals surface area contributed by atoms with Gasteiger partial charge in [-0.15, -0.1) is 0 Å². The van der Waals surface area contributed by atoms with Crippen LogP contribution >= 0.6 is 0 Å². The van der Waals surface area contributed by atoms with E-state index in [-0.39, 0.29) is 18.4 Å². The van der Waals surface area contributed by atoms with Gasteiger partial charge in [0.15, 0.2) is 0 Å². The Morgan fingerprint density at radius 3 is 2.42 bits per heavy atom. The zero-order valence-electron chi connectivity index (χ0n) is 16.0. The van der Waals surface area contributed by atoms with Gasteiger partial charge in [-0.05, 0) is 44.3 Å². The summed E-state index contributed by atoms with van der Waals surface area (Å²) < 4.78 is 10.6. The van der Waals surface area contributed by atoms with Gasteiger partial charge in [0.25, 0.3) is 0 Å². The van der Waals surface area contributed by atoms with Gasteiger partial charge in [0, 0.05) is 18.2 Å². The van der Waals surface area contributed by atoms with Gasteiger partial charge < -0.3 is 19.7 Å². The van der Waals surface area contributed by atoms with Gasteiger partial charge in [-0.3, -0.25) is 4.79 Å². The van der Waals surface area contributed by atoms with Crippen molar-refractivity contribution in [2.75, 3.05) is 34.9 Å². The van der Waals surface area contributed by atoms with E-state index in [1.807, 2.05) is 50.5 Å². The van der Waals surface area contributed by atoms with Crippen LogP contribution in [-0.4, -0.2) is 51.7 Å². The third-order valence-electron chi connectivity index (χ3n) is 4.42. The van der Waals surface area contributed by atoms with Crippen LogP contribution in [0.3, 0.4) is 0 Å². The summed E-state index contributed by atoms with van der Waals surface area (Å²) in [4.78, 5) is 14.6. The quantitative estimate of drug-likeness (QED) is 0.750. The van der Waals surface area contributed by atoms with Crippen molar-refractivity contribution in [2.45, 2.75) is 18.9 Å². The van der Waals surface area contributed by atoms with Crippen molar-refractivity contribution in [3.8, 4) is 11.5 Å². The first kappa shape index (κ1) is 19.8. The normalized spacial score (nSPS) is 11.9. The predicted octanol–water partition coefficient (Wildman–Crippen LogP) is 2.54. The molecule has 5 nitrogen and oxygen atoms in total. The summed E-state index contributed by atoms with van der Waals surface area (Å²) in [6.07, 6.45) is 1.14. The minimum atomic E-state index is -0.0311. The lowest BCUT2D eigenvalue weighted by Crippen LogP contribution is -2.42. The molecule has 0 aliphatic heterocycles. The summed E-state index contributed by atoms with van der Waals surface area (Å²) in [7, 11) is 7.28. The van der Waals surface area contributed by atoms with Gasteiger partial charge in [0.2, 0.25) is 5.91 Å². The highest BCUT2D eigenvalue weighted by Gasteiger charge is 2.15. The number of nitrogens with zero attached hydrogens (tertiary/aromatic N) is 1. The Labute approximate surface area is 155 Å². The van der Waals surface area contributed by atoms with Crippen LogP contribution in [-0.2, 0) is 17.6 Å². The third kappa shape index (κ3) is 5.77. The van der Waals surface area contributed by atoms with Crippen LogP contribution in [0, 0.1) is 0 Å². The Hall–Kier alpha value is -2.53. The second-order valence-electron chi connectivity index (χ2n) is 6.47. The summed E-state index contributed by atoms with van der Waals surface area (Å²) in [5, 5.41) is 3.04. The van der Waals surface area contributed by atoms with Crippen molar-refractivity contribution in [1.82, 2.24) is 10.2 Å². The van der Waals surface area contributed by atoms with Crippen molar-refractivity contribution < 1.29 is 14.3 Å². The molecule has 0 heterocycles. The molecule has 0 radical (unpaired) electrons. The van der Waals surface area contributed by atoms with Crippen molar-refractivity contribution in [3.63, 3.8) is 0 Å². The van der Waals surface area contributed by atoms with Gasteiger partial charge >= 0.3 is 0 Å². The molecule has 140 valence electrons. The summed E-state index contributed by atoms with van der Waals surface area (Å²) in [5.74, 6) is 1.37. The van der Waals surface area contributed by atoms with E-state index in [0.717, 1.165) is 12.0 Å². The Morgan fingerprint density at radius 1 is 1.08 bits per heavy atom. The van der Waals surface area contributed by atoms with Crippen LogP contribution in [0.1, 0.15) is 11.1 Å². The molecule has 2 rings (SSSR count). The maximum absolute atomic E-state index is 12.4. The van der Waals surface area contributed by atoms with E-state index in [2.05, 4.69) is 22.3 Å². The number of likely N-dealkylation sites (N-methyl/N-ethyl adjacent to an activating group) is 1. The maximum Gasteiger partial charge on any atom is 0.224 e. The first-order valence-electron chi connectivity index (χ1n) is 8.71. The van der Waals surface area contributed by atoms with E-state index >= 15 is 0 Å². The fourth-order valence-electron chi connectivity index (χ4n) is 2.81. The third-order valence-corrected chi connectivity index (χ3v) is 4.42. The second kappa shape index (κ2) is 9.82. The molecule has 0 aliphatic carbocycles. The van der Waals surface area contributed by atoms with E-state index in [1.165, 1.54) is 5.56 Å². The SMILES string of the molecule is COc1ccc(OC)c(CC(=O)NCC(Cc2ccccc2)N(C)C)c1. The molecule has 0 aliphatic rings. The first-order chi connectivity index (χ1) is 12.5. The van der Waals surface area contributed by atoms with Gasteiger partial charge in [-0.25, -0.2) is 0 Å². The minimum absolute atomic E-state index is 0.0311. The number of hydrogen-bond donors (Lipinski definition) is 1. The summed E-state index contributed by atoms with van der Waals surface area (Å²) in [6.45, 7) is 0.590. The zero-order valence-corrected chi connectivity index (χ0v) is 16.0. The Balaban J connectivity index is 1.96. The van der Waals surface area contributed by atoms with E-state index in [4.69, 9.17) is 9.47 Å². The van der Waals surface area contributed by atoms with Gasteiger partial charge in [0.1, 0.15) is 11.5 Å². The van der Waals surface area contributed by atoms with E-state index in [0.29, 0.717) is 18.0 Å². The number of carbonyl (C=O) groups excluding carboxylic acids is 1. The highest BCUT2D eigenvalue weighted by molar-refractivity contribution is 5.79. The highest BCUT2D eigenvalue weighted by Crippen LogP contribution is 2.24. The predicted molar refractivity (Wildman–Crippen MR) is 104 cm³/mol. The molecule has 5 heteroatoms. The number of methoxy groups -OCH3 is 2. The number of benzene rings is 2. The van der Waals surface area contributed by atoms with E-state index in [9.17, 15) is 4.79 Å². The summed E-state index contributed by atoms with van der Waals surface area (Å²) >= 11 is 0. The fourth-order valence-corrected chi connectivity index (χ4v) is 2.81. The van der Waals surface area contributed by atoms with Crippen LogP contribution in [0.2, 0.25) is 0 Å². The topological polar surface area (TPSA) is 50.8 Å². The van der Waals surface area contributed by atoms with Crippen molar-refractivity contribution in [3.05, 3.63) is 59.7 Å². The van der Waals surface area contributed by atoms with Gasteiger partial charge in [-0.1, -0.05) is 30.3 Å². The molecule has 0 bridgehead atoms. The van der Waals surface area contributed by atoms with Crippen molar-refractivity contribution in [2.24, 2.45) is 0 Å². The molecule has 1 amide bonds. The molecular formula is C21H28N2O3. The Bertz CT molecular complexity index is 702. The van der Waals surface area contributed by atoms with Crippen LogP contribution in [0.25, 0.3) is 0 Å². The van der Waals surface area contributed by atoms with Crippen molar-refractivity contribution in [1.29, 1.82) is 0 Å². The Kier molecular flexibility index (Phi) is 7.48. The summed E-state index contributed by atoms with van der Waals surface area (Å²) in [6, 6.07) is 16.0. The van der Waals surface area contributed by atoms with Crippen LogP contribution in [0.5, 0.6) is 11.5 Å². The van der Waals surface area contributed by atoms with Crippen molar-refractivity contribution >= 4 is 5.91 Å². The highest BCUT2D eigenvalue weighted by atomic mass is 16.5. The molecule has 0 fully saturated rings. The lowest BCUT2D eigenvalue weighted by atomic mass is 10.0. The molecule has 2 aromatic carbocycles. The molecule has 0 saturated heterocycles. The number of carbonyl (C=O) groups is 1. The molecule has 1 unspecified atom stereocenters. The number of nitrogens with one attached hydrogen (secondary N) is 1. The largest absolute Gasteiger partial charge is 0.497 e. The molecule has 2 aromatic rings. The average molecular weight is 356 g/mol. The first-order valence-corrected chi connectivity index (χ1v) is 8.71. The monoisotopic (exact) mass is 356 g/mol. The molecule has 0 spiro atoms. The minimum Gasteiger partial charge on any atom is -0.497 e. The van der Waals surface area contributed by atoms with Crippen LogP contribution in [0.15, 0.2) is 48.5 Å². The molecule has 1 N–H and O–H groups in total. The maximum atomic E-state index is 12.4. The number of hydrogen-bond acceptors (Lipinski definition) is 4. The molecule has 0 aromatic heterocycles. The van der Waals surface area contributed by atoms with Crippen LogP contribution < -0.4 is 14.8 Å². The lowest BCUT2D eigenvalue weighted by molar-refractivity contribution is -0.120. The van der Waals surface area contributed by atoms with Gasteiger partial charge in [0.05, 0.1) is 20.6 Å². The molecule has 26 heavy (non-hydrogen) atoms. The lowest BCUT2D eigenvalue weighted by Gasteiger charge is -2.25. The zero-order chi connectivity index (χ0) is 18.9. The van der Waals surface area contributed by atoms with E-state index < -0.39 is 0 Å². The second-order valence-corrected chi connectivity index (χ2v) is 6.47. The Morgan fingerprint density at radius 2 is 1.81 bits per heavy atom. The number of ether oxygens (including phenoxy) is 2. The smallest absolute Gasteiger partial charge is 0.224 e. The molecule has 0 saturated carbocycles. The summed E-state index contributed by atoms with van der Waals surface area (Å²) in [5.41, 5.74) is 2.07. The van der Waals surface area contributed by atoms with E-state index in [1.54, 1.807) is 14.2 Å². The number of rotatable bonds is 9.